The lowest BCUT2D eigenvalue weighted by molar-refractivity contribution is -0.133. The minimum Gasteiger partial charge on any atom is -0.379 e. The van der Waals surface area contributed by atoms with E-state index in [1.165, 1.54) is 4.88 Å². The summed E-state index contributed by atoms with van der Waals surface area (Å²) in [6.45, 7) is 9.42. The van der Waals surface area contributed by atoms with Crippen molar-refractivity contribution in [3.05, 3.63) is 93.2 Å². The van der Waals surface area contributed by atoms with Gasteiger partial charge in [-0.05, 0) is 43.2 Å². The first-order chi connectivity index (χ1) is 17.5. The Bertz CT molecular complexity index is 1140. The second-order valence-electron chi connectivity index (χ2n) is 9.24. The van der Waals surface area contributed by atoms with Crippen molar-refractivity contribution in [3.8, 4) is 0 Å². The number of benzene rings is 2. The van der Waals surface area contributed by atoms with Crippen LogP contribution in [0.1, 0.15) is 31.2 Å². The van der Waals surface area contributed by atoms with Crippen molar-refractivity contribution in [2.75, 3.05) is 45.9 Å². The Labute approximate surface area is 218 Å². The highest BCUT2D eigenvalue weighted by molar-refractivity contribution is 7.11. The summed E-state index contributed by atoms with van der Waals surface area (Å²) in [4.78, 5) is 35.6. The Morgan fingerprint density at radius 3 is 2.31 bits per heavy atom. The van der Waals surface area contributed by atoms with Crippen LogP contribution in [0, 0.1) is 13.8 Å². The maximum Gasteiger partial charge on any atom is 0.254 e. The monoisotopic (exact) mass is 505 g/mol. The molecule has 2 amide bonds. The molecule has 4 rings (SSSR count). The Kier molecular flexibility index (Phi) is 9.28. The van der Waals surface area contributed by atoms with Gasteiger partial charge in [-0.15, -0.1) is 11.3 Å². The van der Waals surface area contributed by atoms with Crippen LogP contribution in [0.25, 0.3) is 0 Å². The molecule has 2 heterocycles. The van der Waals surface area contributed by atoms with E-state index in [2.05, 4.69) is 24.0 Å². The van der Waals surface area contributed by atoms with E-state index in [0.29, 0.717) is 38.4 Å². The molecule has 0 spiro atoms. The maximum atomic E-state index is 13.7. The third-order valence-electron chi connectivity index (χ3n) is 6.49. The SMILES string of the molecule is Cc1ccc(CN(Cc2ccccc2)C(=O)CN(CCN2CCOCC2)C(=O)c2ccccc2C)s1. The lowest BCUT2D eigenvalue weighted by Gasteiger charge is -2.31. The summed E-state index contributed by atoms with van der Waals surface area (Å²) in [7, 11) is 0. The molecular formula is C29H35N3O3S. The molecule has 3 aromatic rings. The van der Waals surface area contributed by atoms with Gasteiger partial charge in [-0.1, -0.05) is 48.5 Å². The number of carbonyl (C=O) groups is 2. The van der Waals surface area contributed by atoms with E-state index < -0.39 is 0 Å². The Morgan fingerprint density at radius 1 is 0.889 bits per heavy atom. The Hall–Kier alpha value is -3.00. The molecule has 0 radical (unpaired) electrons. The first-order valence-electron chi connectivity index (χ1n) is 12.5. The van der Waals surface area contributed by atoms with Gasteiger partial charge in [0.25, 0.3) is 5.91 Å². The van der Waals surface area contributed by atoms with Crippen molar-refractivity contribution in [1.82, 2.24) is 14.7 Å². The molecule has 190 valence electrons. The van der Waals surface area contributed by atoms with Crippen LogP contribution in [0.2, 0.25) is 0 Å². The number of hydrogen-bond acceptors (Lipinski definition) is 5. The maximum absolute atomic E-state index is 13.7. The molecule has 0 N–H and O–H groups in total. The molecular weight excluding hydrogens is 470 g/mol. The van der Waals surface area contributed by atoms with Gasteiger partial charge in [0.1, 0.15) is 6.54 Å². The van der Waals surface area contributed by atoms with Crippen molar-refractivity contribution in [3.63, 3.8) is 0 Å². The third-order valence-corrected chi connectivity index (χ3v) is 7.48. The third kappa shape index (κ3) is 7.26. The largest absolute Gasteiger partial charge is 0.379 e. The fraction of sp³-hybridized carbons (Fsp3) is 0.379. The zero-order chi connectivity index (χ0) is 25.3. The zero-order valence-electron chi connectivity index (χ0n) is 21.2. The number of carbonyl (C=O) groups excluding carboxylic acids is 2. The summed E-state index contributed by atoms with van der Waals surface area (Å²) in [6.07, 6.45) is 0. The van der Waals surface area contributed by atoms with Crippen LogP contribution >= 0.6 is 11.3 Å². The van der Waals surface area contributed by atoms with Crippen LogP contribution in [-0.4, -0.2) is 72.5 Å². The van der Waals surface area contributed by atoms with E-state index in [4.69, 9.17) is 4.74 Å². The highest BCUT2D eigenvalue weighted by Crippen LogP contribution is 2.19. The van der Waals surface area contributed by atoms with E-state index in [0.717, 1.165) is 35.6 Å². The van der Waals surface area contributed by atoms with E-state index in [-0.39, 0.29) is 18.4 Å². The van der Waals surface area contributed by atoms with Crippen LogP contribution in [0.5, 0.6) is 0 Å². The number of amides is 2. The van der Waals surface area contributed by atoms with Crippen LogP contribution in [0.4, 0.5) is 0 Å². The normalized spacial score (nSPS) is 13.9. The molecule has 0 unspecified atom stereocenters. The number of thiophene rings is 1. The number of ether oxygens (including phenoxy) is 1. The number of morpholine rings is 1. The molecule has 1 fully saturated rings. The number of aryl methyl sites for hydroxylation is 2. The van der Waals surface area contributed by atoms with Crippen LogP contribution < -0.4 is 0 Å². The van der Waals surface area contributed by atoms with E-state index in [9.17, 15) is 9.59 Å². The summed E-state index contributed by atoms with van der Waals surface area (Å²) in [5.41, 5.74) is 2.64. The molecule has 0 atom stereocenters. The predicted molar refractivity (Wildman–Crippen MR) is 144 cm³/mol. The number of rotatable bonds is 10. The van der Waals surface area contributed by atoms with E-state index in [1.54, 1.807) is 16.2 Å². The first kappa shape index (κ1) is 26.1. The van der Waals surface area contributed by atoms with Gasteiger partial charge in [-0.2, -0.15) is 0 Å². The topological polar surface area (TPSA) is 53.1 Å². The average molecular weight is 506 g/mol. The molecule has 1 aliphatic rings. The second-order valence-corrected chi connectivity index (χ2v) is 10.6. The molecule has 2 aromatic carbocycles. The smallest absolute Gasteiger partial charge is 0.254 e. The number of hydrogen-bond donors (Lipinski definition) is 0. The summed E-state index contributed by atoms with van der Waals surface area (Å²) >= 11 is 1.70. The molecule has 1 aliphatic heterocycles. The van der Waals surface area contributed by atoms with Gasteiger partial charge in [0.05, 0.1) is 19.8 Å². The summed E-state index contributed by atoms with van der Waals surface area (Å²) in [5, 5.41) is 0. The predicted octanol–water partition coefficient (Wildman–Crippen LogP) is 4.37. The van der Waals surface area contributed by atoms with Crippen molar-refractivity contribution in [2.24, 2.45) is 0 Å². The molecule has 0 aliphatic carbocycles. The van der Waals surface area contributed by atoms with Crippen molar-refractivity contribution in [1.29, 1.82) is 0 Å². The van der Waals surface area contributed by atoms with Gasteiger partial charge >= 0.3 is 0 Å². The van der Waals surface area contributed by atoms with Crippen molar-refractivity contribution in [2.45, 2.75) is 26.9 Å². The van der Waals surface area contributed by atoms with Gasteiger partial charge in [0, 0.05) is 48.0 Å². The summed E-state index contributed by atoms with van der Waals surface area (Å²) in [5.74, 6) is -0.143. The highest BCUT2D eigenvalue weighted by Gasteiger charge is 2.25. The minimum absolute atomic E-state index is 0.0474. The van der Waals surface area contributed by atoms with Crippen molar-refractivity contribution < 1.29 is 14.3 Å². The van der Waals surface area contributed by atoms with Gasteiger partial charge < -0.3 is 14.5 Å². The van der Waals surface area contributed by atoms with Crippen LogP contribution in [0.15, 0.2) is 66.7 Å². The minimum atomic E-state index is -0.0960. The van der Waals surface area contributed by atoms with E-state index >= 15 is 0 Å². The summed E-state index contributed by atoms with van der Waals surface area (Å²) in [6, 6.07) is 21.8. The molecule has 7 heteroatoms. The highest BCUT2D eigenvalue weighted by atomic mass is 32.1. The second kappa shape index (κ2) is 12.8. The molecule has 6 nitrogen and oxygen atoms in total. The quantitative estimate of drug-likeness (QED) is 0.411. The van der Waals surface area contributed by atoms with Crippen LogP contribution in [0.3, 0.4) is 0 Å². The van der Waals surface area contributed by atoms with Gasteiger partial charge in [0.15, 0.2) is 0 Å². The molecule has 36 heavy (non-hydrogen) atoms. The molecule has 1 saturated heterocycles. The molecule has 0 saturated carbocycles. The zero-order valence-corrected chi connectivity index (χ0v) is 22.0. The summed E-state index contributed by atoms with van der Waals surface area (Å²) < 4.78 is 5.47. The van der Waals surface area contributed by atoms with Gasteiger partial charge in [0.2, 0.25) is 5.91 Å². The Morgan fingerprint density at radius 2 is 1.61 bits per heavy atom. The molecule has 0 bridgehead atoms. The lowest BCUT2D eigenvalue weighted by atomic mass is 10.1. The van der Waals surface area contributed by atoms with Crippen molar-refractivity contribution >= 4 is 23.2 Å². The Balaban J connectivity index is 1.53. The standard InChI is InChI=1S/C29H35N3O3S/c1-23-8-6-7-11-27(23)29(34)31(15-14-30-16-18-35-19-17-30)22-28(33)32(20-25-9-4-3-5-10-25)21-26-13-12-24(2)36-26/h3-13H,14-22H2,1-2H3. The molecule has 1 aromatic heterocycles. The lowest BCUT2D eigenvalue weighted by Crippen LogP contribution is -2.47. The van der Waals surface area contributed by atoms with Gasteiger partial charge in [-0.25, -0.2) is 0 Å². The van der Waals surface area contributed by atoms with E-state index in [1.807, 2.05) is 66.4 Å². The van der Waals surface area contributed by atoms with Crippen LogP contribution in [-0.2, 0) is 22.6 Å². The average Bonchev–Trinajstić information content (AvgIpc) is 3.31. The van der Waals surface area contributed by atoms with Gasteiger partial charge in [-0.3, -0.25) is 14.5 Å². The first-order valence-corrected chi connectivity index (χ1v) is 13.3. The fourth-order valence-corrected chi connectivity index (χ4v) is 5.29. The number of nitrogens with zero attached hydrogens (tertiary/aromatic N) is 3. The fourth-order valence-electron chi connectivity index (χ4n) is 4.38.